The van der Waals surface area contributed by atoms with Crippen molar-refractivity contribution in [1.82, 2.24) is 9.29 Å². The molecule has 8 heteroatoms. The van der Waals surface area contributed by atoms with Crippen LogP contribution in [0.1, 0.15) is 10.4 Å². The summed E-state index contributed by atoms with van der Waals surface area (Å²) in [6.07, 6.45) is 4.41. The van der Waals surface area contributed by atoms with E-state index in [4.69, 9.17) is 0 Å². The van der Waals surface area contributed by atoms with E-state index in [0.717, 1.165) is 6.20 Å². The number of hydrogen-bond donors (Lipinski definition) is 0. The Hall–Kier alpha value is -1.12. The highest BCUT2D eigenvalue weighted by molar-refractivity contribution is 7.98. The lowest BCUT2D eigenvalue weighted by atomic mass is 10.3. The minimum absolute atomic E-state index is 0.00602. The lowest BCUT2D eigenvalue weighted by Crippen LogP contribution is -2.30. The number of carbonyl (C=O) groups excluding carboxylic acids is 1. The molecule has 19 heavy (non-hydrogen) atoms. The first-order chi connectivity index (χ1) is 8.95. The van der Waals surface area contributed by atoms with Crippen LogP contribution in [0.25, 0.3) is 0 Å². The van der Waals surface area contributed by atoms with Gasteiger partial charge in [0, 0.05) is 31.7 Å². The molecule has 0 radical (unpaired) electrons. The highest BCUT2D eigenvalue weighted by Crippen LogP contribution is 2.19. The normalized spacial score (nSPS) is 11.6. The molecular weight excluding hydrogens is 288 g/mol. The van der Waals surface area contributed by atoms with Gasteiger partial charge < -0.3 is 4.74 Å². The Kier molecular flexibility index (Phi) is 5.77. The van der Waals surface area contributed by atoms with E-state index in [1.54, 1.807) is 11.8 Å². The zero-order chi connectivity index (χ0) is 14.5. The fourth-order valence-corrected chi connectivity index (χ4v) is 3.23. The van der Waals surface area contributed by atoms with E-state index in [2.05, 4.69) is 9.72 Å². The first-order valence-electron chi connectivity index (χ1n) is 5.42. The quantitative estimate of drug-likeness (QED) is 0.725. The van der Waals surface area contributed by atoms with Crippen LogP contribution in [0.5, 0.6) is 0 Å². The minimum atomic E-state index is -3.74. The summed E-state index contributed by atoms with van der Waals surface area (Å²) >= 11 is 1.54. The number of aromatic nitrogens is 1. The summed E-state index contributed by atoms with van der Waals surface area (Å²) in [6.45, 7) is 0.360. The van der Waals surface area contributed by atoms with Gasteiger partial charge in [0.05, 0.1) is 12.7 Å². The summed E-state index contributed by atoms with van der Waals surface area (Å²) in [4.78, 5) is 15.2. The average molecular weight is 304 g/mol. The maximum atomic E-state index is 12.3. The van der Waals surface area contributed by atoms with E-state index in [1.165, 1.54) is 30.7 Å². The van der Waals surface area contributed by atoms with Crippen LogP contribution in [0.3, 0.4) is 0 Å². The van der Waals surface area contributed by atoms with Crippen LogP contribution < -0.4 is 0 Å². The topological polar surface area (TPSA) is 76.6 Å². The third kappa shape index (κ3) is 3.68. The standard InChI is InChI=1S/C11H16N2O4S2/c1-13(6-7-18-3)19(15,16)10-8-12-5-4-9(10)11(14)17-2/h4-5,8H,6-7H2,1-3H3. The Morgan fingerprint density at radius 2 is 2.21 bits per heavy atom. The molecule has 0 aliphatic heterocycles. The highest BCUT2D eigenvalue weighted by Gasteiger charge is 2.26. The molecule has 0 atom stereocenters. The number of sulfonamides is 1. The molecule has 0 N–H and O–H groups in total. The Morgan fingerprint density at radius 1 is 1.53 bits per heavy atom. The van der Waals surface area contributed by atoms with Gasteiger partial charge in [-0.25, -0.2) is 17.5 Å². The molecule has 6 nitrogen and oxygen atoms in total. The predicted molar refractivity (Wildman–Crippen MR) is 73.8 cm³/mol. The van der Waals surface area contributed by atoms with Crippen LogP contribution in [0, 0.1) is 0 Å². The molecule has 0 unspecified atom stereocenters. The first-order valence-corrected chi connectivity index (χ1v) is 8.26. The van der Waals surface area contributed by atoms with Crippen LogP contribution in [0.15, 0.2) is 23.4 Å². The van der Waals surface area contributed by atoms with Gasteiger partial charge in [-0.05, 0) is 12.3 Å². The Balaban J connectivity index is 3.18. The smallest absolute Gasteiger partial charge is 0.339 e. The highest BCUT2D eigenvalue weighted by atomic mass is 32.2. The predicted octanol–water partition coefficient (Wildman–Crippen LogP) is 0.852. The maximum absolute atomic E-state index is 12.3. The number of ether oxygens (including phenoxy) is 1. The van der Waals surface area contributed by atoms with Gasteiger partial charge in [0.25, 0.3) is 0 Å². The van der Waals surface area contributed by atoms with Gasteiger partial charge in [-0.15, -0.1) is 0 Å². The van der Waals surface area contributed by atoms with E-state index < -0.39 is 16.0 Å². The monoisotopic (exact) mass is 304 g/mol. The number of pyridine rings is 1. The van der Waals surface area contributed by atoms with Gasteiger partial charge in [-0.2, -0.15) is 11.8 Å². The van der Waals surface area contributed by atoms with E-state index in [-0.39, 0.29) is 10.5 Å². The van der Waals surface area contributed by atoms with Crippen LogP contribution in [0.2, 0.25) is 0 Å². The Morgan fingerprint density at radius 3 is 2.79 bits per heavy atom. The zero-order valence-electron chi connectivity index (χ0n) is 11.0. The molecule has 0 saturated heterocycles. The van der Waals surface area contributed by atoms with Crippen LogP contribution >= 0.6 is 11.8 Å². The number of esters is 1. The van der Waals surface area contributed by atoms with Gasteiger partial charge in [0.15, 0.2) is 0 Å². The van der Waals surface area contributed by atoms with Crippen LogP contribution in [-0.4, -0.2) is 56.4 Å². The zero-order valence-corrected chi connectivity index (χ0v) is 12.6. The third-order valence-corrected chi connectivity index (χ3v) is 4.96. The molecule has 0 aromatic carbocycles. The fourth-order valence-electron chi connectivity index (χ4n) is 1.37. The lowest BCUT2D eigenvalue weighted by Gasteiger charge is -2.17. The summed E-state index contributed by atoms with van der Waals surface area (Å²) in [5, 5.41) is 0. The molecule has 0 spiro atoms. The van der Waals surface area contributed by atoms with Crippen molar-refractivity contribution in [3.8, 4) is 0 Å². The van der Waals surface area contributed by atoms with Gasteiger partial charge in [-0.3, -0.25) is 4.98 Å². The number of nitrogens with zero attached hydrogens (tertiary/aromatic N) is 2. The Bertz CT molecular complexity index is 545. The number of carbonyl (C=O) groups is 1. The van der Waals surface area contributed by atoms with Crippen molar-refractivity contribution in [1.29, 1.82) is 0 Å². The number of methoxy groups -OCH3 is 1. The van der Waals surface area contributed by atoms with E-state index in [1.807, 2.05) is 6.26 Å². The van der Waals surface area contributed by atoms with Gasteiger partial charge in [0.1, 0.15) is 4.90 Å². The molecule has 106 valence electrons. The second kappa shape index (κ2) is 6.88. The SMILES string of the molecule is COC(=O)c1ccncc1S(=O)(=O)N(C)CCSC. The molecule has 0 fully saturated rings. The lowest BCUT2D eigenvalue weighted by molar-refractivity contribution is 0.0596. The second-order valence-electron chi connectivity index (χ2n) is 3.68. The molecule has 0 aliphatic carbocycles. The summed E-state index contributed by atoms with van der Waals surface area (Å²) in [6, 6.07) is 1.33. The van der Waals surface area contributed by atoms with Crippen molar-refractivity contribution in [2.45, 2.75) is 4.90 Å². The average Bonchev–Trinajstić information content (AvgIpc) is 2.43. The molecule has 0 bridgehead atoms. The first kappa shape index (κ1) is 15.9. The van der Waals surface area contributed by atoms with E-state index in [9.17, 15) is 13.2 Å². The second-order valence-corrected chi connectivity index (χ2v) is 6.68. The molecule has 1 aromatic heterocycles. The fraction of sp³-hybridized carbons (Fsp3) is 0.455. The Labute approximate surface area is 117 Å². The van der Waals surface area contributed by atoms with Gasteiger partial charge >= 0.3 is 5.97 Å². The maximum Gasteiger partial charge on any atom is 0.339 e. The largest absolute Gasteiger partial charge is 0.465 e. The van der Waals surface area contributed by atoms with Gasteiger partial charge in [0.2, 0.25) is 10.0 Å². The van der Waals surface area contributed by atoms with Gasteiger partial charge in [-0.1, -0.05) is 0 Å². The molecule has 1 heterocycles. The van der Waals surface area contributed by atoms with E-state index >= 15 is 0 Å². The molecular formula is C11H16N2O4S2. The molecule has 0 saturated carbocycles. The van der Waals surface area contributed by atoms with E-state index in [0.29, 0.717) is 12.3 Å². The summed E-state index contributed by atoms with van der Waals surface area (Å²) < 4.78 is 30.5. The number of rotatable bonds is 6. The molecule has 1 aromatic rings. The summed E-state index contributed by atoms with van der Waals surface area (Å²) in [5.74, 6) is -0.0250. The van der Waals surface area contributed by atoms with Crippen molar-refractivity contribution in [2.75, 3.05) is 32.7 Å². The summed E-state index contributed by atoms with van der Waals surface area (Å²) in [7, 11) is -1.06. The van der Waals surface area contributed by atoms with Crippen molar-refractivity contribution in [3.05, 3.63) is 24.0 Å². The van der Waals surface area contributed by atoms with Crippen LogP contribution in [0.4, 0.5) is 0 Å². The van der Waals surface area contributed by atoms with Crippen molar-refractivity contribution < 1.29 is 17.9 Å². The molecule has 1 rings (SSSR count). The molecule has 0 amide bonds. The minimum Gasteiger partial charge on any atom is -0.465 e. The summed E-state index contributed by atoms with van der Waals surface area (Å²) in [5.41, 5.74) is -0.00602. The molecule has 0 aliphatic rings. The van der Waals surface area contributed by atoms with Crippen LogP contribution in [-0.2, 0) is 14.8 Å². The van der Waals surface area contributed by atoms with Crippen molar-refractivity contribution in [3.63, 3.8) is 0 Å². The number of thioether (sulfide) groups is 1. The number of hydrogen-bond acceptors (Lipinski definition) is 6. The van der Waals surface area contributed by atoms with Crippen molar-refractivity contribution in [2.24, 2.45) is 0 Å². The van der Waals surface area contributed by atoms with Crippen molar-refractivity contribution >= 4 is 27.8 Å². The third-order valence-electron chi connectivity index (χ3n) is 2.49.